The fourth-order valence-electron chi connectivity index (χ4n) is 2.72. The van der Waals surface area contributed by atoms with Crippen molar-refractivity contribution in [2.45, 2.75) is 26.3 Å². The maximum Gasteiger partial charge on any atom is 0.241 e. The Morgan fingerprint density at radius 1 is 1.29 bits per heavy atom. The summed E-state index contributed by atoms with van der Waals surface area (Å²) < 4.78 is 1.11. The van der Waals surface area contributed by atoms with E-state index in [2.05, 4.69) is 60.0 Å². The van der Waals surface area contributed by atoms with Gasteiger partial charge in [0.15, 0.2) is 5.96 Å². The Labute approximate surface area is 152 Å². The zero-order chi connectivity index (χ0) is 17.4. The number of aliphatic imine (C=N–C) groups is 1. The van der Waals surface area contributed by atoms with E-state index in [1.165, 1.54) is 5.69 Å². The van der Waals surface area contributed by atoms with Crippen molar-refractivity contribution >= 4 is 33.5 Å². The number of nitrogens with one attached hydrogen (secondary N) is 3. The summed E-state index contributed by atoms with van der Waals surface area (Å²) in [6, 6.07) is 8.58. The molecule has 1 fully saturated rings. The van der Waals surface area contributed by atoms with Gasteiger partial charge in [0.1, 0.15) is 6.54 Å². The van der Waals surface area contributed by atoms with Gasteiger partial charge in [-0.3, -0.25) is 4.79 Å². The average Bonchev–Trinajstić information content (AvgIpc) is 3.02. The topological polar surface area (TPSA) is 68.8 Å². The summed E-state index contributed by atoms with van der Waals surface area (Å²) in [6.07, 6.45) is 1.03. The Balaban J connectivity index is 1.92. The second-order valence-corrected chi connectivity index (χ2v) is 6.53. The van der Waals surface area contributed by atoms with Crippen LogP contribution < -0.4 is 20.9 Å². The van der Waals surface area contributed by atoms with Crippen LogP contribution in [0.4, 0.5) is 5.69 Å². The highest BCUT2D eigenvalue weighted by Crippen LogP contribution is 2.28. The Hall–Kier alpha value is -1.76. The standard InChI is InChI=1S/C17H26BrN5O/c1-3-19-16(24)11-21-17(20-4-2)22-13-9-10-23(12-13)15-8-6-5-7-14(15)18/h5-8,13H,3-4,9-12H2,1-2H3,(H,19,24)(H2,20,21,22). The largest absolute Gasteiger partial charge is 0.368 e. The van der Waals surface area contributed by atoms with E-state index in [1.807, 2.05) is 19.9 Å². The van der Waals surface area contributed by atoms with Gasteiger partial charge >= 0.3 is 0 Å². The maximum absolute atomic E-state index is 11.6. The minimum Gasteiger partial charge on any atom is -0.368 e. The van der Waals surface area contributed by atoms with Crippen LogP contribution in [0.2, 0.25) is 0 Å². The zero-order valence-electron chi connectivity index (χ0n) is 14.3. The van der Waals surface area contributed by atoms with Crippen molar-refractivity contribution in [3.05, 3.63) is 28.7 Å². The number of rotatable bonds is 6. The fraction of sp³-hybridized carbons (Fsp3) is 0.529. The lowest BCUT2D eigenvalue weighted by atomic mass is 10.3. The number of anilines is 1. The van der Waals surface area contributed by atoms with E-state index in [-0.39, 0.29) is 12.5 Å². The number of amides is 1. The van der Waals surface area contributed by atoms with Crippen LogP contribution in [0.1, 0.15) is 20.3 Å². The minimum atomic E-state index is -0.0593. The van der Waals surface area contributed by atoms with Crippen molar-refractivity contribution in [2.24, 2.45) is 4.99 Å². The van der Waals surface area contributed by atoms with E-state index in [4.69, 9.17) is 0 Å². The van der Waals surface area contributed by atoms with Crippen molar-refractivity contribution in [1.82, 2.24) is 16.0 Å². The number of carbonyl (C=O) groups excluding carboxylic acids is 1. The molecule has 1 heterocycles. The van der Waals surface area contributed by atoms with Gasteiger partial charge in [0.25, 0.3) is 0 Å². The van der Waals surface area contributed by atoms with Gasteiger partial charge in [-0.05, 0) is 48.3 Å². The molecule has 0 radical (unpaired) electrons. The van der Waals surface area contributed by atoms with Gasteiger partial charge in [0, 0.05) is 36.7 Å². The van der Waals surface area contributed by atoms with Crippen molar-refractivity contribution < 1.29 is 4.79 Å². The molecule has 1 aromatic carbocycles. The normalized spacial score (nSPS) is 17.7. The highest BCUT2D eigenvalue weighted by atomic mass is 79.9. The Morgan fingerprint density at radius 2 is 2.04 bits per heavy atom. The lowest BCUT2D eigenvalue weighted by Crippen LogP contribution is -2.45. The highest BCUT2D eigenvalue weighted by molar-refractivity contribution is 9.10. The molecule has 1 aliphatic rings. The molecule has 1 aromatic rings. The average molecular weight is 396 g/mol. The number of halogens is 1. The number of carbonyl (C=O) groups is 1. The van der Waals surface area contributed by atoms with Gasteiger partial charge in [-0.2, -0.15) is 0 Å². The molecule has 3 N–H and O–H groups in total. The van der Waals surface area contributed by atoms with Crippen molar-refractivity contribution in [2.75, 3.05) is 37.6 Å². The van der Waals surface area contributed by atoms with Gasteiger partial charge in [-0.25, -0.2) is 4.99 Å². The van der Waals surface area contributed by atoms with E-state index in [0.717, 1.165) is 30.5 Å². The lowest BCUT2D eigenvalue weighted by Gasteiger charge is -2.21. The van der Waals surface area contributed by atoms with Crippen LogP contribution in [0, 0.1) is 0 Å². The zero-order valence-corrected chi connectivity index (χ0v) is 15.9. The first-order valence-corrected chi connectivity index (χ1v) is 9.24. The van der Waals surface area contributed by atoms with Crippen LogP contribution in [0.3, 0.4) is 0 Å². The number of benzene rings is 1. The molecule has 0 aromatic heterocycles. The van der Waals surface area contributed by atoms with Crippen LogP contribution in [0.25, 0.3) is 0 Å². The molecular weight excluding hydrogens is 370 g/mol. The third kappa shape index (κ3) is 5.40. The molecule has 132 valence electrons. The Kier molecular flexibility index (Phi) is 7.36. The van der Waals surface area contributed by atoms with Crippen LogP contribution in [0.5, 0.6) is 0 Å². The molecule has 1 unspecified atom stereocenters. The quantitative estimate of drug-likeness (QED) is 0.506. The number of nitrogens with zero attached hydrogens (tertiary/aromatic N) is 2. The summed E-state index contributed by atoms with van der Waals surface area (Å²) in [5.74, 6) is 0.638. The molecule has 1 aliphatic heterocycles. The number of hydrogen-bond donors (Lipinski definition) is 3. The fourth-order valence-corrected chi connectivity index (χ4v) is 3.26. The molecule has 0 saturated carbocycles. The molecule has 24 heavy (non-hydrogen) atoms. The first kappa shape index (κ1) is 18.6. The summed E-state index contributed by atoms with van der Waals surface area (Å²) in [4.78, 5) is 18.3. The summed E-state index contributed by atoms with van der Waals surface area (Å²) in [5.41, 5.74) is 1.21. The third-order valence-corrected chi connectivity index (χ3v) is 4.49. The first-order valence-electron chi connectivity index (χ1n) is 8.45. The molecule has 1 atom stereocenters. The van der Waals surface area contributed by atoms with Gasteiger partial charge in [0.05, 0.1) is 5.69 Å². The molecular formula is C17H26BrN5O. The predicted molar refractivity (Wildman–Crippen MR) is 103 cm³/mol. The van der Waals surface area contributed by atoms with Gasteiger partial charge in [-0.1, -0.05) is 12.1 Å². The number of likely N-dealkylation sites (N-methyl/N-ethyl adjacent to an activating group) is 1. The molecule has 1 amide bonds. The first-order chi connectivity index (χ1) is 11.6. The molecule has 0 bridgehead atoms. The molecule has 0 spiro atoms. The molecule has 1 saturated heterocycles. The summed E-state index contributed by atoms with van der Waals surface area (Å²) >= 11 is 3.61. The van der Waals surface area contributed by atoms with Gasteiger partial charge in [-0.15, -0.1) is 0 Å². The second-order valence-electron chi connectivity index (χ2n) is 5.68. The molecule has 7 heteroatoms. The Morgan fingerprint density at radius 3 is 2.75 bits per heavy atom. The lowest BCUT2D eigenvalue weighted by molar-refractivity contribution is -0.119. The van der Waals surface area contributed by atoms with Crippen LogP contribution in [0.15, 0.2) is 33.7 Å². The van der Waals surface area contributed by atoms with Crippen LogP contribution in [-0.4, -0.2) is 50.6 Å². The second kappa shape index (κ2) is 9.52. The van der Waals surface area contributed by atoms with Crippen LogP contribution >= 0.6 is 15.9 Å². The van der Waals surface area contributed by atoms with Crippen molar-refractivity contribution in [1.29, 1.82) is 0 Å². The van der Waals surface area contributed by atoms with Crippen LogP contribution in [-0.2, 0) is 4.79 Å². The minimum absolute atomic E-state index is 0.0593. The SMILES string of the molecule is CCNC(=O)CN=C(NCC)NC1CCN(c2ccccc2Br)C1. The van der Waals surface area contributed by atoms with Crippen molar-refractivity contribution in [3.63, 3.8) is 0 Å². The summed E-state index contributed by atoms with van der Waals surface area (Å²) in [6.45, 7) is 7.36. The van der Waals surface area contributed by atoms with E-state index in [1.54, 1.807) is 0 Å². The highest BCUT2D eigenvalue weighted by Gasteiger charge is 2.24. The smallest absolute Gasteiger partial charge is 0.241 e. The van der Waals surface area contributed by atoms with E-state index >= 15 is 0 Å². The maximum atomic E-state index is 11.6. The third-order valence-electron chi connectivity index (χ3n) is 3.82. The monoisotopic (exact) mass is 395 g/mol. The summed E-state index contributed by atoms with van der Waals surface area (Å²) in [7, 11) is 0. The molecule has 6 nitrogen and oxygen atoms in total. The van der Waals surface area contributed by atoms with E-state index in [0.29, 0.717) is 18.5 Å². The van der Waals surface area contributed by atoms with Crippen molar-refractivity contribution in [3.8, 4) is 0 Å². The Bertz CT molecular complexity index is 578. The van der Waals surface area contributed by atoms with Gasteiger partial charge < -0.3 is 20.9 Å². The van der Waals surface area contributed by atoms with Gasteiger partial charge in [0.2, 0.25) is 5.91 Å². The molecule has 0 aliphatic carbocycles. The molecule has 2 rings (SSSR count). The predicted octanol–water partition coefficient (Wildman–Crippen LogP) is 1.72. The number of para-hydroxylation sites is 1. The number of hydrogen-bond acceptors (Lipinski definition) is 3. The van der Waals surface area contributed by atoms with E-state index in [9.17, 15) is 4.79 Å². The number of guanidine groups is 1. The summed E-state index contributed by atoms with van der Waals surface area (Å²) in [5, 5.41) is 9.40. The van der Waals surface area contributed by atoms with E-state index < -0.39 is 0 Å².